The average molecular weight is 287 g/mol. The summed E-state index contributed by atoms with van der Waals surface area (Å²) in [5.41, 5.74) is 3.66. The van der Waals surface area contributed by atoms with Gasteiger partial charge in [0.15, 0.2) is 6.04 Å². The molecule has 0 N–H and O–H groups in total. The fourth-order valence-corrected chi connectivity index (χ4v) is 2.78. The second kappa shape index (κ2) is 6.29. The average Bonchev–Trinajstić information content (AvgIpc) is 3.27. The van der Waals surface area contributed by atoms with Gasteiger partial charge < -0.3 is 9.47 Å². The fourth-order valence-electron chi connectivity index (χ4n) is 2.78. The van der Waals surface area contributed by atoms with Crippen molar-refractivity contribution in [1.29, 1.82) is 0 Å². The molecule has 1 atom stereocenters. The Bertz CT molecular complexity index is 565. The van der Waals surface area contributed by atoms with Crippen LogP contribution in [0, 0.1) is 0 Å². The van der Waals surface area contributed by atoms with Crippen LogP contribution in [0.2, 0.25) is 0 Å². The van der Waals surface area contributed by atoms with Crippen molar-refractivity contribution in [3.05, 3.63) is 29.3 Å². The van der Waals surface area contributed by atoms with Gasteiger partial charge in [-0.25, -0.2) is 4.79 Å². The summed E-state index contributed by atoms with van der Waals surface area (Å²) in [5.74, 6) is 0.845. The molecule has 0 radical (unpaired) electrons. The topological polar surface area (TPSA) is 47.9 Å². The molecule has 2 aliphatic heterocycles. The normalized spacial score (nSPS) is 19.3. The van der Waals surface area contributed by atoms with Crippen LogP contribution in [0.5, 0.6) is 5.75 Å². The maximum Gasteiger partial charge on any atom is 0.336 e. The number of aryl methyl sites for hydroxylation is 2. The highest BCUT2D eigenvalue weighted by atomic mass is 16.5. The van der Waals surface area contributed by atoms with Gasteiger partial charge in [-0.1, -0.05) is 12.1 Å². The third-order valence-electron chi connectivity index (χ3n) is 3.92. The third-order valence-corrected chi connectivity index (χ3v) is 3.92. The van der Waals surface area contributed by atoms with Crippen LogP contribution in [0.25, 0.3) is 0 Å². The lowest BCUT2D eigenvalue weighted by atomic mass is 10.00. The minimum absolute atomic E-state index is 0.196. The van der Waals surface area contributed by atoms with Crippen molar-refractivity contribution >= 4 is 11.7 Å². The first-order valence-corrected chi connectivity index (χ1v) is 7.75. The van der Waals surface area contributed by atoms with E-state index in [-0.39, 0.29) is 12.0 Å². The van der Waals surface area contributed by atoms with Crippen LogP contribution in [0.3, 0.4) is 0 Å². The zero-order valence-electron chi connectivity index (χ0n) is 12.4. The first-order valence-electron chi connectivity index (χ1n) is 7.75. The van der Waals surface area contributed by atoms with Gasteiger partial charge in [0.2, 0.25) is 0 Å². The van der Waals surface area contributed by atoms with E-state index in [1.807, 2.05) is 6.92 Å². The van der Waals surface area contributed by atoms with Gasteiger partial charge in [0.1, 0.15) is 5.75 Å². The van der Waals surface area contributed by atoms with Gasteiger partial charge in [0.25, 0.3) is 0 Å². The number of rotatable bonds is 6. The second-order valence-corrected chi connectivity index (χ2v) is 5.52. The maximum absolute atomic E-state index is 11.5. The fraction of sp³-hybridized carbons (Fsp3) is 0.529. The van der Waals surface area contributed by atoms with Crippen molar-refractivity contribution < 1.29 is 14.3 Å². The number of esters is 1. The van der Waals surface area contributed by atoms with Crippen LogP contribution < -0.4 is 4.74 Å². The maximum atomic E-state index is 11.5. The minimum Gasteiger partial charge on any atom is -0.493 e. The molecule has 4 nitrogen and oxygen atoms in total. The molecule has 1 unspecified atom stereocenters. The quantitative estimate of drug-likeness (QED) is 0.756. The van der Waals surface area contributed by atoms with Crippen molar-refractivity contribution in [2.24, 2.45) is 4.99 Å². The lowest BCUT2D eigenvalue weighted by molar-refractivity contribution is -0.142. The summed E-state index contributed by atoms with van der Waals surface area (Å²) in [5, 5.41) is 0. The highest BCUT2D eigenvalue weighted by molar-refractivity contribution is 6.16. The van der Waals surface area contributed by atoms with E-state index in [1.54, 1.807) is 0 Å². The highest BCUT2D eigenvalue weighted by Crippen LogP contribution is 2.26. The number of nitrogens with zero attached hydrogens (tertiary/aromatic N) is 1. The Morgan fingerprint density at radius 3 is 3.19 bits per heavy atom. The first kappa shape index (κ1) is 14.1. The van der Waals surface area contributed by atoms with E-state index < -0.39 is 0 Å². The van der Waals surface area contributed by atoms with Crippen LogP contribution in [-0.4, -0.2) is 30.9 Å². The molecule has 0 saturated heterocycles. The predicted octanol–water partition coefficient (Wildman–Crippen LogP) is 2.72. The smallest absolute Gasteiger partial charge is 0.336 e. The summed E-state index contributed by atoms with van der Waals surface area (Å²) < 4.78 is 10.6. The van der Waals surface area contributed by atoms with Gasteiger partial charge >= 0.3 is 5.97 Å². The van der Waals surface area contributed by atoms with E-state index >= 15 is 0 Å². The molecular formula is C17H21NO3. The summed E-state index contributed by atoms with van der Waals surface area (Å²) in [7, 11) is 0. The molecule has 0 fully saturated rings. The Labute approximate surface area is 125 Å². The number of benzene rings is 1. The standard InChI is InChI=1S/C17H21NO3/c1-2-20-17(19)16-14(18-16)7-3-5-12-8-9-15-13(11-12)6-4-10-21-15/h8-9,11,16H,2-7,10H2,1H3. The zero-order chi connectivity index (χ0) is 14.7. The van der Waals surface area contributed by atoms with Crippen molar-refractivity contribution in [2.75, 3.05) is 13.2 Å². The second-order valence-electron chi connectivity index (χ2n) is 5.52. The predicted molar refractivity (Wildman–Crippen MR) is 81.1 cm³/mol. The van der Waals surface area contributed by atoms with E-state index in [1.165, 1.54) is 11.1 Å². The largest absolute Gasteiger partial charge is 0.493 e. The zero-order valence-corrected chi connectivity index (χ0v) is 12.4. The first-order chi connectivity index (χ1) is 10.3. The van der Waals surface area contributed by atoms with E-state index in [2.05, 4.69) is 23.2 Å². The third kappa shape index (κ3) is 3.43. The van der Waals surface area contributed by atoms with Crippen LogP contribution in [0.1, 0.15) is 37.3 Å². The Hall–Kier alpha value is -1.84. The van der Waals surface area contributed by atoms with Crippen LogP contribution in [-0.2, 0) is 22.4 Å². The number of hydrogen-bond acceptors (Lipinski definition) is 4. The Morgan fingerprint density at radius 2 is 2.33 bits per heavy atom. The monoisotopic (exact) mass is 287 g/mol. The van der Waals surface area contributed by atoms with Crippen LogP contribution in [0.15, 0.2) is 23.2 Å². The van der Waals surface area contributed by atoms with Crippen LogP contribution in [0.4, 0.5) is 0 Å². The van der Waals surface area contributed by atoms with Crippen molar-refractivity contribution in [1.82, 2.24) is 0 Å². The van der Waals surface area contributed by atoms with Crippen molar-refractivity contribution in [3.8, 4) is 5.75 Å². The molecule has 2 heterocycles. The lowest BCUT2D eigenvalue weighted by Crippen LogP contribution is -2.16. The number of carbonyl (C=O) groups excluding carboxylic acids is 1. The Kier molecular flexibility index (Phi) is 4.23. The van der Waals surface area contributed by atoms with E-state index in [4.69, 9.17) is 9.47 Å². The number of ether oxygens (including phenoxy) is 2. The van der Waals surface area contributed by atoms with Crippen molar-refractivity contribution in [2.45, 2.75) is 45.1 Å². The van der Waals surface area contributed by atoms with Gasteiger partial charge in [-0.3, -0.25) is 4.99 Å². The van der Waals surface area contributed by atoms with Crippen LogP contribution >= 0.6 is 0 Å². The molecule has 0 amide bonds. The van der Waals surface area contributed by atoms with Crippen molar-refractivity contribution in [3.63, 3.8) is 0 Å². The molecule has 1 aromatic carbocycles. The number of hydrogen-bond donors (Lipinski definition) is 0. The molecule has 2 aliphatic rings. The molecule has 112 valence electrons. The van der Waals surface area contributed by atoms with Gasteiger partial charge in [0.05, 0.1) is 13.2 Å². The summed E-state index contributed by atoms with van der Waals surface area (Å²) in [6.45, 7) is 3.08. The molecule has 0 spiro atoms. The summed E-state index contributed by atoms with van der Waals surface area (Å²) in [6, 6.07) is 6.20. The molecular weight excluding hydrogens is 266 g/mol. The minimum atomic E-state index is -0.276. The Morgan fingerprint density at radius 1 is 1.43 bits per heavy atom. The van der Waals surface area contributed by atoms with E-state index in [0.29, 0.717) is 6.61 Å². The van der Waals surface area contributed by atoms with Gasteiger partial charge in [-0.2, -0.15) is 0 Å². The van der Waals surface area contributed by atoms with E-state index in [0.717, 1.165) is 50.2 Å². The molecule has 4 heteroatoms. The molecule has 3 rings (SSSR count). The molecule has 0 aromatic heterocycles. The summed E-state index contributed by atoms with van der Waals surface area (Å²) in [4.78, 5) is 15.7. The summed E-state index contributed by atoms with van der Waals surface area (Å²) in [6.07, 6.45) is 5.14. The number of carbonyl (C=O) groups is 1. The molecule has 0 aliphatic carbocycles. The molecule has 0 bridgehead atoms. The molecule has 21 heavy (non-hydrogen) atoms. The molecule has 0 saturated carbocycles. The number of fused-ring (bicyclic) bond motifs is 1. The lowest BCUT2D eigenvalue weighted by Gasteiger charge is -2.17. The van der Waals surface area contributed by atoms with Gasteiger partial charge in [-0.05, 0) is 56.2 Å². The Balaban J connectivity index is 1.44. The summed E-state index contributed by atoms with van der Waals surface area (Å²) >= 11 is 0. The SMILES string of the molecule is CCOC(=O)C1N=C1CCCc1ccc2c(c1)CCCO2. The highest BCUT2D eigenvalue weighted by Gasteiger charge is 2.35. The van der Waals surface area contributed by atoms with E-state index in [9.17, 15) is 4.79 Å². The van der Waals surface area contributed by atoms with Gasteiger partial charge in [-0.15, -0.1) is 0 Å². The molecule has 1 aromatic rings. The van der Waals surface area contributed by atoms with Gasteiger partial charge in [0, 0.05) is 5.71 Å². The number of aliphatic imine (C=N–C) groups is 1.